The van der Waals surface area contributed by atoms with Gasteiger partial charge in [0.1, 0.15) is 5.75 Å². The molecule has 0 saturated heterocycles. The zero-order valence-corrected chi connectivity index (χ0v) is 10.7. The molecule has 0 saturated carbocycles. The summed E-state index contributed by atoms with van der Waals surface area (Å²) in [5.74, 6) is 0.730. The molecule has 1 N–H and O–H groups in total. The van der Waals surface area contributed by atoms with E-state index in [1.807, 2.05) is 0 Å². The number of ether oxygens (including phenoxy) is 1. The number of benzene rings is 1. The van der Waals surface area contributed by atoms with Gasteiger partial charge in [-0.15, -0.1) is 0 Å². The van der Waals surface area contributed by atoms with Gasteiger partial charge < -0.3 is 4.74 Å². The van der Waals surface area contributed by atoms with E-state index >= 15 is 0 Å². The van der Waals surface area contributed by atoms with Crippen molar-refractivity contribution in [1.29, 1.82) is 0 Å². The Kier molecular flexibility index (Phi) is 3.65. The number of hydrogen-bond acceptors (Lipinski definition) is 3. The monoisotopic (exact) mass is 247 g/mol. The van der Waals surface area contributed by atoms with Crippen LogP contribution < -0.4 is 10.1 Å². The first kappa shape index (κ1) is 12.6. The van der Waals surface area contributed by atoms with Crippen molar-refractivity contribution in [3.63, 3.8) is 0 Å². The first-order valence-corrected chi connectivity index (χ1v) is 6.16. The van der Waals surface area contributed by atoms with E-state index in [-0.39, 0.29) is 18.2 Å². The predicted molar refractivity (Wildman–Crippen MR) is 67.6 cm³/mol. The second-order valence-corrected chi connectivity index (χ2v) is 4.90. The Labute approximate surface area is 106 Å². The Morgan fingerprint density at radius 3 is 2.83 bits per heavy atom. The Bertz CT molecular complexity index is 480. The van der Waals surface area contributed by atoms with Gasteiger partial charge in [-0.25, -0.2) is 0 Å². The molecule has 1 aromatic rings. The molecule has 4 nitrogen and oxygen atoms in total. The van der Waals surface area contributed by atoms with E-state index in [1.54, 1.807) is 18.2 Å². The zero-order chi connectivity index (χ0) is 13.1. The van der Waals surface area contributed by atoms with Gasteiger partial charge in [-0.3, -0.25) is 14.9 Å². The van der Waals surface area contributed by atoms with E-state index in [0.29, 0.717) is 18.1 Å². The van der Waals surface area contributed by atoms with Crippen LogP contribution in [0.1, 0.15) is 36.2 Å². The van der Waals surface area contributed by atoms with Crippen LogP contribution in [0.2, 0.25) is 0 Å². The Balaban J connectivity index is 2.09. The maximum absolute atomic E-state index is 11.5. The van der Waals surface area contributed by atoms with Gasteiger partial charge in [-0.2, -0.15) is 0 Å². The minimum Gasteiger partial charge on any atom is -0.494 e. The van der Waals surface area contributed by atoms with E-state index < -0.39 is 0 Å². The van der Waals surface area contributed by atoms with Crippen LogP contribution in [0.5, 0.6) is 5.75 Å². The minimum absolute atomic E-state index is 0.239. The molecule has 2 rings (SSSR count). The lowest BCUT2D eigenvalue weighted by molar-refractivity contribution is -0.119. The van der Waals surface area contributed by atoms with Crippen molar-refractivity contribution < 1.29 is 14.3 Å². The molecule has 96 valence electrons. The zero-order valence-electron chi connectivity index (χ0n) is 10.7. The number of imide groups is 1. The second kappa shape index (κ2) is 5.21. The topological polar surface area (TPSA) is 55.4 Å². The fourth-order valence-electron chi connectivity index (χ4n) is 1.85. The minimum atomic E-state index is -0.324. The van der Waals surface area contributed by atoms with Gasteiger partial charge in [0, 0.05) is 5.56 Å². The van der Waals surface area contributed by atoms with E-state index in [4.69, 9.17) is 4.74 Å². The van der Waals surface area contributed by atoms with Crippen molar-refractivity contribution in [2.24, 2.45) is 5.92 Å². The highest BCUT2D eigenvalue weighted by Gasteiger charge is 2.22. The molecule has 0 spiro atoms. The summed E-state index contributed by atoms with van der Waals surface area (Å²) in [6.07, 6.45) is 1.22. The first-order valence-electron chi connectivity index (χ1n) is 6.16. The molecule has 0 bridgehead atoms. The van der Waals surface area contributed by atoms with Crippen LogP contribution in [0.3, 0.4) is 0 Å². The normalized spacial score (nSPS) is 14.4. The molecule has 2 amide bonds. The lowest BCUT2D eigenvalue weighted by atomic mass is 10.00. The Hall–Kier alpha value is -1.84. The average Bonchev–Trinajstić information content (AvgIpc) is 2.27. The summed E-state index contributed by atoms with van der Waals surface area (Å²) >= 11 is 0. The van der Waals surface area contributed by atoms with E-state index in [1.165, 1.54) is 0 Å². The van der Waals surface area contributed by atoms with Crippen LogP contribution in [-0.2, 0) is 11.2 Å². The number of rotatable bonds is 4. The molecule has 1 aromatic carbocycles. The Morgan fingerprint density at radius 1 is 1.33 bits per heavy atom. The number of carbonyl (C=O) groups excluding carboxylic acids is 2. The van der Waals surface area contributed by atoms with Crippen LogP contribution >= 0.6 is 0 Å². The summed E-state index contributed by atoms with van der Waals surface area (Å²) < 4.78 is 5.61. The number of carbonyl (C=O) groups is 2. The molecule has 0 fully saturated rings. The van der Waals surface area contributed by atoms with Gasteiger partial charge in [-0.05, 0) is 36.1 Å². The molecule has 1 aliphatic heterocycles. The van der Waals surface area contributed by atoms with Crippen LogP contribution in [0.4, 0.5) is 0 Å². The van der Waals surface area contributed by atoms with Crippen LogP contribution in [0, 0.1) is 5.92 Å². The van der Waals surface area contributed by atoms with Crippen molar-refractivity contribution >= 4 is 11.8 Å². The van der Waals surface area contributed by atoms with Crippen LogP contribution in [0.25, 0.3) is 0 Å². The van der Waals surface area contributed by atoms with Gasteiger partial charge in [0.25, 0.3) is 5.91 Å². The maximum atomic E-state index is 11.5. The van der Waals surface area contributed by atoms with E-state index in [9.17, 15) is 9.59 Å². The van der Waals surface area contributed by atoms with Gasteiger partial charge >= 0.3 is 0 Å². The molecule has 0 radical (unpaired) electrons. The largest absolute Gasteiger partial charge is 0.494 e. The molecule has 4 heteroatoms. The standard InChI is InChI=1S/C14H17NO3/c1-9(2)5-6-18-11-3-4-12-10(7-11)8-13(16)15-14(12)17/h3-4,7,9H,5-6,8H2,1-2H3,(H,15,16,17). The van der Waals surface area contributed by atoms with Crippen molar-refractivity contribution in [3.05, 3.63) is 29.3 Å². The highest BCUT2D eigenvalue weighted by molar-refractivity contribution is 6.09. The van der Waals surface area contributed by atoms with Crippen LogP contribution in [-0.4, -0.2) is 18.4 Å². The fourth-order valence-corrected chi connectivity index (χ4v) is 1.85. The number of nitrogens with one attached hydrogen (secondary N) is 1. The third kappa shape index (κ3) is 2.88. The first-order chi connectivity index (χ1) is 8.56. The van der Waals surface area contributed by atoms with E-state index in [2.05, 4.69) is 19.2 Å². The Morgan fingerprint density at radius 2 is 2.11 bits per heavy atom. The van der Waals surface area contributed by atoms with Gasteiger partial charge in [0.2, 0.25) is 5.91 Å². The molecule has 0 atom stereocenters. The molecule has 0 unspecified atom stereocenters. The third-order valence-corrected chi connectivity index (χ3v) is 2.89. The lowest BCUT2D eigenvalue weighted by Gasteiger charge is -2.16. The molecule has 0 aliphatic carbocycles. The SMILES string of the molecule is CC(C)CCOc1ccc2c(c1)CC(=O)NC2=O. The summed E-state index contributed by atoms with van der Waals surface area (Å²) in [6.45, 7) is 4.93. The summed E-state index contributed by atoms with van der Waals surface area (Å²) in [6, 6.07) is 5.27. The maximum Gasteiger partial charge on any atom is 0.258 e. The highest BCUT2D eigenvalue weighted by Crippen LogP contribution is 2.21. The smallest absolute Gasteiger partial charge is 0.258 e. The quantitative estimate of drug-likeness (QED) is 0.827. The number of amides is 2. The lowest BCUT2D eigenvalue weighted by Crippen LogP contribution is -2.37. The summed E-state index contributed by atoms with van der Waals surface area (Å²) in [7, 11) is 0. The van der Waals surface area contributed by atoms with Crippen molar-refractivity contribution in [2.75, 3.05) is 6.61 Å². The summed E-state index contributed by atoms with van der Waals surface area (Å²) in [4.78, 5) is 22.8. The molecule has 1 aliphatic rings. The molecular formula is C14H17NO3. The third-order valence-electron chi connectivity index (χ3n) is 2.89. The van der Waals surface area contributed by atoms with Crippen molar-refractivity contribution in [2.45, 2.75) is 26.7 Å². The predicted octanol–water partition coefficient (Wildman–Crippen LogP) is 1.92. The highest BCUT2D eigenvalue weighted by atomic mass is 16.5. The summed E-state index contributed by atoms with van der Waals surface area (Å²) in [5, 5.41) is 2.29. The molecule has 0 aromatic heterocycles. The molecule has 1 heterocycles. The molecular weight excluding hydrogens is 230 g/mol. The second-order valence-electron chi connectivity index (χ2n) is 4.90. The molecule has 18 heavy (non-hydrogen) atoms. The number of hydrogen-bond donors (Lipinski definition) is 1. The number of fused-ring (bicyclic) bond motifs is 1. The van der Waals surface area contributed by atoms with Crippen molar-refractivity contribution in [3.8, 4) is 5.75 Å². The van der Waals surface area contributed by atoms with Gasteiger partial charge in [-0.1, -0.05) is 13.8 Å². The van der Waals surface area contributed by atoms with Gasteiger partial charge in [0.05, 0.1) is 13.0 Å². The van der Waals surface area contributed by atoms with Gasteiger partial charge in [0.15, 0.2) is 0 Å². The average molecular weight is 247 g/mol. The van der Waals surface area contributed by atoms with Crippen molar-refractivity contribution in [1.82, 2.24) is 5.32 Å². The van der Waals surface area contributed by atoms with E-state index in [0.717, 1.165) is 17.7 Å². The van der Waals surface area contributed by atoms with Crippen LogP contribution in [0.15, 0.2) is 18.2 Å². The fraction of sp³-hybridized carbons (Fsp3) is 0.429. The summed E-state index contributed by atoms with van der Waals surface area (Å²) in [5.41, 5.74) is 1.30.